The Balaban J connectivity index is 1.77. The maximum absolute atomic E-state index is 13.0. The van der Waals surface area contributed by atoms with Gasteiger partial charge in [-0.15, -0.1) is 11.3 Å². The first-order valence-corrected chi connectivity index (χ1v) is 11.1. The molecule has 0 bridgehead atoms. The zero-order valence-corrected chi connectivity index (χ0v) is 18.8. The second-order valence-electron chi connectivity index (χ2n) is 8.06. The summed E-state index contributed by atoms with van der Waals surface area (Å²) >= 11 is 1.59. The number of rotatable bonds is 7. The molecule has 1 amide bonds. The van der Waals surface area contributed by atoms with Crippen molar-refractivity contribution in [3.05, 3.63) is 66.9 Å². The summed E-state index contributed by atoms with van der Waals surface area (Å²) in [7, 11) is 4.64. The number of aromatic hydroxyl groups is 1. The van der Waals surface area contributed by atoms with Crippen molar-refractivity contribution in [2.75, 3.05) is 24.7 Å². The molecule has 1 atom stereocenters. The number of amides is 1. The van der Waals surface area contributed by atoms with Crippen molar-refractivity contribution >= 4 is 34.3 Å². The van der Waals surface area contributed by atoms with Gasteiger partial charge in [0.25, 0.3) is 17.0 Å². The number of thiophene rings is 1. The zero-order chi connectivity index (χ0) is 23.0. The molecule has 1 aliphatic carbocycles. The number of nitrogens with one attached hydrogen (secondary N) is 3. The molecule has 2 aromatic heterocycles. The maximum Gasteiger partial charge on any atom is 0.290 e. The predicted octanol–water partition coefficient (Wildman–Crippen LogP) is 2.85. The zero-order valence-electron chi connectivity index (χ0n) is 18.0. The number of benzene rings is 1. The molecule has 0 aliphatic heterocycles. The van der Waals surface area contributed by atoms with E-state index < -0.39 is 11.1 Å². The van der Waals surface area contributed by atoms with Crippen LogP contribution in [0.1, 0.15) is 34.1 Å². The topological polar surface area (TPSA) is 119 Å². The number of H-pyrrole nitrogens is 1. The molecule has 32 heavy (non-hydrogen) atoms. The summed E-state index contributed by atoms with van der Waals surface area (Å²) in [6.45, 7) is 0. The number of aromatic amines is 1. The molecule has 1 aliphatic rings. The second kappa shape index (κ2) is 8.54. The Morgan fingerprint density at radius 1 is 1.22 bits per heavy atom. The molecular weight excluding hydrogens is 430 g/mol. The van der Waals surface area contributed by atoms with Gasteiger partial charge in [-0.25, -0.2) is 0 Å². The number of hydrogen-bond acceptors (Lipinski definition) is 7. The van der Waals surface area contributed by atoms with Gasteiger partial charge in [-0.1, -0.05) is 12.1 Å². The molecule has 0 spiro atoms. The predicted molar refractivity (Wildman–Crippen MR) is 125 cm³/mol. The number of carbonyl (C=O) groups is 1. The minimum atomic E-state index is -0.529. The first-order chi connectivity index (χ1) is 15.3. The highest BCUT2D eigenvalue weighted by atomic mass is 32.1. The Bertz CT molecular complexity index is 1260. The number of phenolic OH excluding ortho intramolecular Hbond substituents is 1. The Kier molecular flexibility index (Phi) is 5.79. The molecule has 4 N–H and O–H groups in total. The number of aryl methyl sites for hydroxylation is 1. The lowest BCUT2D eigenvalue weighted by molar-refractivity contribution is 0.0824. The number of para-hydroxylation sites is 1. The SMILES string of the molecule is CN(C)C(=O)c1cccc(Nc2c(NC(c3cccs3)C3CC3)c(=O)n(C)[nH]c2=O)c1O. The Morgan fingerprint density at radius 3 is 2.59 bits per heavy atom. The van der Waals surface area contributed by atoms with Gasteiger partial charge in [0, 0.05) is 26.0 Å². The fraction of sp³-hybridized carbons (Fsp3) is 0.318. The fourth-order valence-electron chi connectivity index (χ4n) is 3.57. The molecule has 1 unspecified atom stereocenters. The van der Waals surface area contributed by atoms with Crippen molar-refractivity contribution in [1.29, 1.82) is 0 Å². The van der Waals surface area contributed by atoms with Crippen LogP contribution in [0.5, 0.6) is 5.75 Å². The molecule has 1 aromatic carbocycles. The highest BCUT2D eigenvalue weighted by Crippen LogP contribution is 2.44. The van der Waals surface area contributed by atoms with Gasteiger partial charge >= 0.3 is 0 Å². The standard InChI is InChI=1S/C22H25N5O4S/c1-26(2)21(30)13-6-4-7-14(19(13)28)23-17-18(22(31)27(3)25-20(17)29)24-16(12-9-10-12)15-8-5-11-32-15/h4-8,11-12,16,23-24,28H,9-10H2,1-3H3,(H,25,29). The van der Waals surface area contributed by atoms with Gasteiger partial charge in [0.1, 0.15) is 11.4 Å². The molecule has 0 radical (unpaired) electrons. The summed E-state index contributed by atoms with van der Waals surface area (Å²) in [5.74, 6) is -0.303. The van der Waals surface area contributed by atoms with Crippen molar-refractivity contribution in [1.82, 2.24) is 14.7 Å². The van der Waals surface area contributed by atoms with E-state index in [1.165, 1.54) is 18.0 Å². The third-order valence-electron chi connectivity index (χ3n) is 5.44. The summed E-state index contributed by atoms with van der Waals surface area (Å²) in [5.41, 5.74) is -0.596. The van der Waals surface area contributed by atoms with Crippen molar-refractivity contribution in [2.45, 2.75) is 18.9 Å². The van der Waals surface area contributed by atoms with E-state index in [-0.39, 0.29) is 40.3 Å². The average molecular weight is 456 g/mol. The van der Waals surface area contributed by atoms with Crippen LogP contribution >= 0.6 is 11.3 Å². The monoisotopic (exact) mass is 455 g/mol. The van der Waals surface area contributed by atoms with Crippen LogP contribution in [0.3, 0.4) is 0 Å². The Morgan fingerprint density at radius 2 is 1.97 bits per heavy atom. The molecule has 3 aromatic rings. The Hall–Kier alpha value is -3.53. The van der Waals surface area contributed by atoms with E-state index in [0.717, 1.165) is 22.4 Å². The van der Waals surface area contributed by atoms with Crippen LogP contribution in [0.4, 0.5) is 17.1 Å². The molecule has 1 fully saturated rings. The van der Waals surface area contributed by atoms with Gasteiger partial charge in [-0.05, 0) is 42.3 Å². The summed E-state index contributed by atoms with van der Waals surface area (Å²) < 4.78 is 1.13. The number of nitrogens with zero attached hydrogens (tertiary/aromatic N) is 2. The summed E-state index contributed by atoms with van der Waals surface area (Å²) in [6, 6.07) is 8.50. The summed E-state index contributed by atoms with van der Waals surface area (Å²) in [5, 5.41) is 21.3. The summed E-state index contributed by atoms with van der Waals surface area (Å²) in [6.07, 6.45) is 2.08. The van der Waals surface area contributed by atoms with Gasteiger partial charge < -0.3 is 20.6 Å². The largest absolute Gasteiger partial charge is 0.505 e. The molecular formula is C22H25N5O4S. The van der Waals surface area contributed by atoms with Gasteiger partial charge in [0.2, 0.25) is 0 Å². The average Bonchev–Trinajstić information content (AvgIpc) is 3.45. The lowest BCUT2D eigenvalue weighted by Gasteiger charge is -2.21. The molecule has 0 saturated heterocycles. The second-order valence-corrected chi connectivity index (χ2v) is 9.04. The number of phenols is 1. The number of anilines is 3. The summed E-state index contributed by atoms with van der Waals surface area (Å²) in [4.78, 5) is 40.6. The van der Waals surface area contributed by atoms with E-state index >= 15 is 0 Å². The first-order valence-electron chi connectivity index (χ1n) is 10.2. The lowest BCUT2D eigenvalue weighted by atomic mass is 10.1. The first kappa shape index (κ1) is 21.7. The van der Waals surface area contributed by atoms with Crippen LogP contribution in [-0.2, 0) is 7.05 Å². The van der Waals surface area contributed by atoms with Crippen molar-refractivity contribution in [2.24, 2.45) is 13.0 Å². The molecule has 10 heteroatoms. The van der Waals surface area contributed by atoms with E-state index in [4.69, 9.17) is 0 Å². The van der Waals surface area contributed by atoms with Crippen LogP contribution in [-0.4, -0.2) is 39.8 Å². The molecule has 168 valence electrons. The molecule has 2 heterocycles. The van der Waals surface area contributed by atoms with Crippen LogP contribution in [0, 0.1) is 5.92 Å². The maximum atomic E-state index is 13.0. The third-order valence-corrected chi connectivity index (χ3v) is 6.40. The normalized spacial score (nSPS) is 14.1. The van der Waals surface area contributed by atoms with Gasteiger partial charge in [-0.2, -0.15) is 0 Å². The van der Waals surface area contributed by atoms with Crippen LogP contribution in [0.15, 0.2) is 45.3 Å². The van der Waals surface area contributed by atoms with Crippen molar-refractivity contribution in [3.8, 4) is 5.75 Å². The van der Waals surface area contributed by atoms with Crippen LogP contribution in [0.2, 0.25) is 0 Å². The minimum absolute atomic E-state index is 0.0138. The van der Waals surface area contributed by atoms with E-state index in [9.17, 15) is 19.5 Å². The van der Waals surface area contributed by atoms with E-state index in [2.05, 4.69) is 15.7 Å². The van der Waals surface area contributed by atoms with Crippen LogP contribution in [0.25, 0.3) is 0 Å². The highest BCUT2D eigenvalue weighted by molar-refractivity contribution is 7.10. The highest BCUT2D eigenvalue weighted by Gasteiger charge is 2.34. The molecule has 1 saturated carbocycles. The van der Waals surface area contributed by atoms with E-state index in [1.807, 2.05) is 17.5 Å². The van der Waals surface area contributed by atoms with E-state index in [0.29, 0.717) is 5.92 Å². The lowest BCUT2D eigenvalue weighted by Crippen LogP contribution is -2.33. The quantitative estimate of drug-likeness (QED) is 0.407. The van der Waals surface area contributed by atoms with Crippen molar-refractivity contribution < 1.29 is 9.90 Å². The Labute approximate surface area is 188 Å². The number of hydrogen-bond donors (Lipinski definition) is 4. The third kappa shape index (κ3) is 4.13. The minimum Gasteiger partial charge on any atom is -0.505 e. The van der Waals surface area contributed by atoms with Gasteiger partial charge in [-0.3, -0.25) is 24.2 Å². The van der Waals surface area contributed by atoms with Crippen molar-refractivity contribution in [3.63, 3.8) is 0 Å². The van der Waals surface area contributed by atoms with Crippen LogP contribution < -0.4 is 21.8 Å². The number of aromatic nitrogens is 2. The number of carbonyl (C=O) groups excluding carboxylic acids is 1. The van der Waals surface area contributed by atoms with E-state index in [1.54, 1.807) is 37.6 Å². The molecule has 9 nitrogen and oxygen atoms in total. The van der Waals surface area contributed by atoms with Gasteiger partial charge in [0.15, 0.2) is 5.75 Å². The smallest absolute Gasteiger partial charge is 0.290 e. The van der Waals surface area contributed by atoms with Gasteiger partial charge in [0.05, 0.1) is 17.3 Å². The fourth-order valence-corrected chi connectivity index (χ4v) is 4.44. The molecule has 4 rings (SSSR count).